The van der Waals surface area contributed by atoms with Crippen LogP contribution in [0.15, 0.2) is 15.7 Å². The summed E-state index contributed by atoms with van der Waals surface area (Å²) in [5.74, 6) is 0. The lowest BCUT2D eigenvalue weighted by molar-refractivity contribution is 0.409. The first-order chi connectivity index (χ1) is 9.05. The highest BCUT2D eigenvalue weighted by Gasteiger charge is 2.33. The van der Waals surface area contributed by atoms with Crippen molar-refractivity contribution in [3.63, 3.8) is 0 Å². The average molecular weight is 302 g/mol. The van der Waals surface area contributed by atoms with Gasteiger partial charge in [0, 0.05) is 19.1 Å². The van der Waals surface area contributed by atoms with E-state index in [4.69, 9.17) is 0 Å². The molecule has 2 rings (SSSR count). The van der Waals surface area contributed by atoms with Crippen LogP contribution in [0.4, 0.5) is 0 Å². The number of nitrogens with zero attached hydrogens (tertiary/aromatic N) is 1. The second kappa shape index (κ2) is 6.35. The molecule has 0 radical (unpaired) electrons. The molecule has 19 heavy (non-hydrogen) atoms. The molecule has 0 spiro atoms. The summed E-state index contributed by atoms with van der Waals surface area (Å²) in [5, 5.41) is 5.23. The van der Waals surface area contributed by atoms with Gasteiger partial charge in [0.2, 0.25) is 0 Å². The zero-order valence-corrected chi connectivity index (χ0v) is 13.2. The maximum Gasteiger partial charge on any atom is 0.252 e. The van der Waals surface area contributed by atoms with Gasteiger partial charge in [-0.3, -0.25) is 0 Å². The van der Waals surface area contributed by atoms with Crippen LogP contribution in [0.1, 0.15) is 38.7 Å². The van der Waals surface area contributed by atoms with Crippen molar-refractivity contribution in [1.82, 2.24) is 9.62 Å². The predicted octanol–water partition coefficient (Wildman–Crippen LogP) is 2.42. The van der Waals surface area contributed by atoms with E-state index in [-0.39, 0.29) is 6.04 Å². The molecule has 0 amide bonds. The highest BCUT2D eigenvalue weighted by molar-refractivity contribution is 7.91. The molecule has 1 fully saturated rings. The molecule has 0 aliphatic carbocycles. The summed E-state index contributed by atoms with van der Waals surface area (Å²) in [4.78, 5) is 0. The van der Waals surface area contributed by atoms with E-state index in [9.17, 15) is 8.42 Å². The van der Waals surface area contributed by atoms with E-state index in [2.05, 4.69) is 12.2 Å². The SMILES string of the molecule is CCCNCc1csc(S(=O)(=O)N2CCCC2C)c1. The Bertz CT molecular complexity index is 510. The zero-order valence-electron chi connectivity index (χ0n) is 11.6. The predicted molar refractivity (Wildman–Crippen MR) is 78.9 cm³/mol. The Labute approximate surface area is 119 Å². The summed E-state index contributed by atoms with van der Waals surface area (Å²) >= 11 is 1.33. The molecule has 1 aliphatic heterocycles. The molecule has 1 aromatic heterocycles. The number of hydrogen-bond donors (Lipinski definition) is 1. The van der Waals surface area contributed by atoms with Crippen molar-refractivity contribution in [2.24, 2.45) is 0 Å². The topological polar surface area (TPSA) is 49.4 Å². The maximum atomic E-state index is 12.5. The number of rotatable bonds is 6. The summed E-state index contributed by atoms with van der Waals surface area (Å²) in [6.45, 7) is 6.47. The minimum absolute atomic E-state index is 0.133. The van der Waals surface area contributed by atoms with Crippen LogP contribution < -0.4 is 5.32 Å². The first-order valence-electron chi connectivity index (χ1n) is 6.85. The highest BCUT2D eigenvalue weighted by atomic mass is 32.2. The third-order valence-electron chi connectivity index (χ3n) is 3.44. The van der Waals surface area contributed by atoms with Crippen LogP contribution in [-0.2, 0) is 16.6 Å². The Hall–Kier alpha value is -0.430. The molecule has 1 saturated heterocycles. The molecular formula is C13H22N2O2S2. The van der Waals surface area contributed by atoms with Gasteiger partial charge in [-0.25, -0.2) is 8.42 Å². The van der Waals surface area contributed by atoms with Crippen LogP contribution in [-0.4, -0.2) is 31.9 Å². The summed E-state index contributed by atoms with van der Waals surface area (Å²) in [7, 11) is -3.27. The molecule has 6 heteroatoms. The molecule has 1 aliphatic rings. The Morgan fingerprint density at radius 3 is 2.95 bits per heavy atom. The fourth-order valence-corrected chi connectivity index (χ4v) is 5.41. The van der Waals surface area contributed by atoms with Gasteiger partial charge in [0.1, 0.15) is 4.21 Å². The molecule has 2 heterocycles. The summed E-state index contributed by atoms with van der Waals surface area (Å²) in [5.41, 5.74) is 1.06. The van der Waals surface area contributed by atoms with Crippen LogP contribution in [0.25, 0.3) is 0 Å². The molecule has 1 unspecified atom stereocenters. The highest BCUT2D eigenvalue weighted by Crippen LogP contribution is 2.29. The first-order valence-corrected chi connectivity index (χ1v) is 9.17. The van der Waals surface area contributed by atoms with Crippen molar-refractivity contribution >= 4 is 21.4 Å². The van der Waals surface area contributed by atoms with E-state index < -0.39 is 10.0 Å². The molecule has 0 aromatic carbocycles. The molecule has 0 saturated carbocycles. The Kier molecular flexibility index (Phi) is 5.00. The van der Waals surface area contributed by atoms with E-state index in [1.54, 1.807) is 4.31 Å². The fourth-order valence-electron chi connectivity index (χ4n) is 2.37. The normalized spacial score (nSPS) is 21.1. The minimum atomic E-state index is -3.27. The molecule has 1 atom stereocenters. The van der Waals surface area contributed by atoms with Crippen LogP contribution >= 0.6 is 11.3 Å². The van der Waals surface area contributed by atoms with Gasteiger partial charge >= 0.3 is 0 Å². The second-order valence-electron chi connectivity index (χ2n) is 5.06. The molecule has 108 valence electrons. The van der Waals surface area contributed by atoms with Gasteiger partial charge in [-0.05, 0) is 49.7 Å². The van der Waals surface area contributed by atoms with Crippen molar-refractivity contribution in [1.29, 1.82) is 0 Å². The van der Waals surface area contributed by atoms with Crippen molar-refractivity contribution in [3.8, 4) is 0 Å². The van der Waals surface area contributed by atoms with Crippen molar-refractivity contribution < 1.29 is 8.42 Å². The standard InChI is InChI=1S/C13H22N2O2S2/c1-3-6-14-9-12-8-13(18-10-12)19(16,17)15-7-4-5-11(15)2/h8,10-11,14H,3-7,9H2,1-2H3. The average Bonchev–Trinajstić information content (AvgIpc) is 2.98. The third kappa shape index (κ3) is 3.37. The third-order valence-corrected chi connectivity index (χ3v) is 6.92. The van der Waals surface area contributed by atoms with Gasteiger partial charge in [-0.2, -0.15) is 4.31 Å². The Morgan fingerprint density at radius 1 is 1.53 bits per heavy atom. The van der Waals surface area contributed by atoms with E-state index in [1.807, 2.05) is 18.4 Å². The van der Waals surface area contributed by atoms with E-state index in [0.29, 0.717) is 10.8 Å². The van der Waals surface area contributed by atoms with E-state index >= 15 is 0 Å². The first kappa shape index (κ1) is 15.0. The van der Waals surface area contributed by atoms with Crippen LogP contribution in [0, 0.1) is 0 Å². The van der Waals surface area contributed by atoms with Gasteiger partial charge in [0.05, 0.1) is 0 Å². The van der Waals surface area contributed by atoms with Gasteiger partial charge in [-0.1, -0.05) is 6.92 Å². The monoisotopic (exact) mass is 302 g/mol. The minimum Gasteiger partial charge on any atom is -0.313 e. The number of thiophene rings is 1. The van der Waals surface area contributed by atoms with Gasteiger partial charge in [0.15, 0.2) is 0 Å². The number of sulfonamides is 1. The molecule has 0 bridgehead atoms. The van der Waals surface area contributed by atoms with Gasteiger partial charge < -0.3 is 5.32 Å². The number of hydrogen-bond acceptors (Lipinski definition) is 4. The maximum absolute atomic E-state index is 12.5. The lowest BCUT2D eigenvalue weighted by Gasteiger charge is -2.19. The lowest BCUT2D eigenvalue weighted by atomic mass is 10.3. The Morgan fingerprint density at radius 2 is 2.32 bits per heavy atom. The van der Waals surface area contributed by atoms with Crippen molar-refractivity contribution in [2.45, 2.75) is 49.9 Å². The largest absolute Gasteiger partial charge is 0.313 e. The van der Waals surface area contributed by atoms with E-state index in [0.717, 1.165) is 37.9 Å². The quantitative estimate of drug-likeness (QED) is 0.821. The zero-order chi connectivity index (χ0) is 13.9. The summed E-state index contributed by atoms with van der Waals surface area (Å²) in [6.07, 6.45) is 3.02. The van der Waals surface area contributed by atoms with Crippen molar-refractivity contribution in [3.05, 3.63) is 17.0 Å². The summed E-state index contributed by atoms with van der Waals surface area (Å²) < 4.78 is 27.1. The smallest absolute Gasteiger partial charge is 0.252 e. The lowest BCUT2D eigenvalue weighted by Crippen LogP contribution is -2.33. The van der Waals surface area contributed by atoms with Crippen LogP contribution in [0.3, 0.4) is 0 Å². The molecule has 4 nitrogen and oxygen atoms in total. The number of nitrogens with one attached hydrogen (secondary N) is 1. The molecule has 1 N–H and O–H groups in total. The fraction of sp³-hybridized carbons (Fsp3) is 0.692. The Balaban J connectivity index is 2.08. The molecular weight excluding hydrogens is 280 g/mol. The van der Waals surface area contributed by atoms with Gasteiger partial charge in [-0.15, -0.1) is 11.3 Å². The van der Waals surface area contributed by atoms with Gasteiger partial charge in [0.25, 0.3) is 10.0 Å². The second-order valence-corrected chi connectivity index (χ2v) is 8.09. The van der Waals surface area contributed by atoms with Crippen LogP contribution in [0.5, 0.6) is 0 Å². The summed E-state index contributed by atoms with van der Waals surface area (Å²) in [6, 6.07) is 1.95. The van der Waals surface area contributed by atoms with Crippen molar-refractivity contribution in [2.75, 3.05) is 13.1 Å². The molecule has 1 aromatic rings. The van der Waals surface area contributed by atoms with Crippen LogP contribution in [0.2, 0.25) is 0 Å². The van der Waals surface area contributed by atoms with E-state index in [1.165, 1.54) is 11.3 Å².